The Morgan fingerprint density at radius 2 is 1.73 bits per heavy atom. The van der Waals surface area contributed by atoms with Crippen molar-refractivity contribution in [1.29, 1.82) is 0 Å². The maximum Gasteiger partial charge on any atom is 0.422 e. The molecule has 1 aromatic carbocycles. The Morgan fingerprint density at radius 1 is 1.07 bits per heavy atom. The van der Waals surface area contributed by atoms with E-state index in [-0.39, 0.29) is 35.7 Å². The summed E-state index contributed by atoms with van der Waals surface area (Å²) in [6.07, 6.45) is -0.640. The van der Waals surface area contributed by atoms with Gasteiger partial charge in [-0.3, -0.25) is 9.59 Å². The lowest BCUT2D eigenvalue weighted by atomic mass is 9.84. The Morgan fingerprint density at radius 3 is 2.30 bits per heavy atom. The van der Waals surface area contributed by atoms with E-state index in [4.69, 9.17) is 9.47 Å². The van der Waals surface area contributed by atoms with Crippen molar-refractivity contribution in [2.45, 2.75) is 38.3 Å². The van der Waals surface area contributed by atoms with Crippen molar-refractivity contribution in [3.8, 4) is 11.5 Å². The van der Waals surface area contributed by atoms with Gasteiger partial charge in [-0.2, -0.15) is 13.2 Å². The Hall–Kier alpha value is -2.45. The van der Waals surface area contributed by atoms with Crippen molar-refractivity contribution in [1.82, 2.24) is 9.80 Å². The lowest BCUT2D eigenvalue weighted by Gasteiger charge is -2.38. The monoisotopic (exact) mass is 428 g/mol. The molecule has 2 fully saturated rings. The van der Waals surface area contributed by atoms with Gasteiger partial charge in [-0.25, -0.2) is 0 Å². The Balaban J connectivity index is 1.47. The fraction of sp³-hybridized carbons (Fsp3) is 0.619. The molecule has 1 saturated heterocycles. The van der Waals surface area contributed by atoms with Crippen molar-refractivity contribution in [2.75, 3.05) is 39.9 Å². The lowest BCUT2D eigenvalue weighted by Crippen LogP contribution is -2.52. The minimum atomic E-state index is -4.43. The molecule has 9 heteroatoms. The minimum absolute atomic E-state index is 0.00195. The number of methoxy groups -OCH3 is 1. The van der Waals surface area contributed by atoms with E-state index >= 15 is 0 Å². The Kier molecular flexibility index (Phi) is 7.10. The van der Waals surface area contributed by atoms with E-state index < -0.39 is 12.8 Å². The molecule has 3 rings (SSSR count). The highest BCUT2D eigenvalue weighted by Gasteiger charge is 2.32. The number of carbonyl (C=O) groups excluding carboxylic acids is 2. The zero-order valence-corrected chi connectivity index (χ0v) is 17.0. The predicted molar refractivity (Wildman–Crippen MR) is 103 cm³/mol. The van der Waals surface area contributed by atoms with Gasteiger partial charge in [-0.15, -0.1) is 0 Å². The number of aryl methyl sites for hydroxylation is 1. The molecule has 0 aromatic heterocycles. The highest BCUT2D eigenvalue weighted by atomic mass is 19.4. The van der Waals surface area contributed by atoms with Crippen LogP contribution in [-0.4, -0.2) is 67.7 Å². The summed E-state index contributed by atoms with van der Waals surface area (Å²) in [4.78, 5) is 28.4. The van der Waals surface area contributed by atoms with Crippen molar-refractivity contribution in [3.05, 3.63) is 23.8 Å². The predicted octanol–water partition coefficient (Wildman–Crippen LogP) is 3.04. The summed E-state index contributed by atoms with van der Waals surface area (Å²) < 4.78 is 46.9. The van der Waals surface area contributed by atoms with Gasteiger partial charge in [0.1, 0.15) is 0 Å². The summed E-state index contributed by atoms with van der Waals surface area (Å²) in [6.45, 7) is 0.812. The summed E-state index contributed by atoms with van der Waals surface area (Å²) in [6, 6.07) is 4.65. The highest BCUT2D eigenvalue weighted by Crippen LogP contribution is 2.31. The van der Waals surface area contributed by atoms with Crippen LogP contribution in [0.4, 0.5) is 13.2 Å². The van der Waals surface area contributed by atoms with Crippen LogP contribution in [0, 0.1) is 5.92 Å². The van der Waals surface area contributed by atoms with Crippen LogP contribution in [0.25, 0.3) is 0 Å². The SMILES string of the molecule is COc1cc(CCC(=O)N2CCN(C(=O)C3CCC3)CC2)ccc1OCC(F)(F)F. The number of alkyl halides is 3. The Labute approximate surface area is 173 Å². The largest absolute Gasteiger partial charge is 0.493 e. The summed E-state index contributed by atoms with van der Waals surface area (Å²) in [5.74, 6) is 0.602. The number of amides is 2. The molecular formula is C21H27F3N2O4. The summed E-state index contributed by atoms with van der Waals surface area (Å²) in [5, 5.41) is 0. The van der Waals surface area contributed by atoms with Crippen molar-refractivity contribution in [3.63, 3.8) is 0 Å². The molecule has 1 aromatic rings. The maximum absolute atomic E-state index is 12.5. The normalized spacial score (nSPS) is 17.5. The fourth-order valence-electron chi connectivity index (χ4n) is 3.65. The number of nitrogens with zero attached hydrogens (tertiary/aromatic N) is 2. The molecule has 0 atom stereocenters. The van der Waals surface area contributed by atoms with Gasteiger partial charge in [0.15, 0.2) is 18.1 Å². The van der Waals surface area contributed by atoms with E-state index in [0.717, 1.165) is 24.8 Å². The molecule has 1 saturated carbocycles. The second kappa shape index (κ2) is 9.57. The second-order valence-corrected chi connectivity index (χ2v) is 7.72. The zero-order valence-electron chi connectivity index (χ0n) is 17.0. The van der Waals surface area contributed by atoms with E-state index in [9.17, 15) is 22.8 Å². The Bertz CT molecular complexity index is 757. The van der Waals surface area contributed by atoms with Gasteiger partial charge < -0.3 is 19.3 Å². The van der Waals surface area contributed by atoms with Gasteiger partial charge >= 0.3 is 6.18 Å². The molecule has 0 unspecified atom stereocenters. The zero-order chi connectivity index (χ0) is 21.7. The first-order valence-corrected chi connectivity index (χ1v) is 10.2. The van der Waals surface area contributed by atoms with E-state index in [1.54, 1.807) is 17.0 Å². The number of carbonyl (C=O) groups is 2. The second-order valence-electron chi connectivity index (χ2n) is 7.72. The standard InChI is InChI=1S/C21H27F3N2O4/c1-29-18-13-15(5-7-17(18)30-14-21(22,23)24)6-8-19(27)25-9-11-26(12-10-25)20(28)16-3-2-4-16/h5,7,13,16H,2-4,6,8-12,14H2,1H3. The molecule has 0 N–H and O–H groups in total. The number of hydrogen-bond donors (Lipinski definition) is 0. The third-order valence-corrected chi connectivity index (χ3v) is 5.65. The van der Waals surface area contributed by atoms with Crippen LogP contribution in [-0.2, 0) is 16.0 Å². The average Bonchev–Trinajstić information content (AvgIpc) is 2.68. The van der Waals surface area contributed by atoms with Gasteiger partial charge in [-0.05, 0) is 37.0 Å². The van der Waals surface area contributed by atoms with Crippen molar-refractivity contribution in [2.24, 2.45) is 5.92 Å². The van der Waals surface area contributed by atoms with Crippen molar-refractivity contribution >= 4 is 11.8 Å². The number of piperazine rings is 1. The van der Waals surface area contributed by atoms with Crippen molar-refractivity contribution < 1.29 is 32.2 Å². The molecule has 2 amide bonds. The third-order valence-electron chi connectivity index (χ3n) is 5.65. The van der Waals surface area contributed by atoms with Gasteiger partial charge in [-0.1, -0.05) is 12.5 Å². The average molecular weight is 428 g/mol. The molecule has 6 nitrogen and oxygen atoms in total. The van der Waals surface area contributed by atoms with Crippen LogP contribution in [0.2, 0.25) is 0 Å². The molecule has 0 radical (unpaired) electrons. The quantitative estimate of drug-likeness (QED) is 0.670. The lowest BCUT2D eigenvalue weighted by molar-refractivity contribution is -0.153. The molecule has 30 heavy (non-hydrogen) atoms. The van der Waals surface area contributed by atoms with E-state index in [2.05, 4.69) is 0 Å². The van der Waals surface area contributed by atoms with Crippen LogP contribution >= 0.6 is 0 Å². The smallest absolute Gasteiger partial charge is 0.422 e. The summed E-state index contributed by atoms with van der Waals surface area (Å²) >= 11 is 0. The molecule has 0 spiro atoms. The van der Waals surface area contributed by atoms with Gasteiger partial charge in [0, 0.05) is 38.5 Å². The first kappa shape index (κ1) is 22.2. The van der Waals surface area contributed by atoms with Crippen LogP contribution < -0.4 is 9.47 Å². The highest BCUT2D eigenvalue weighted by molar-refractivity contribution is 5.80. The molecule has 166 valence electrons. The van der Waals surface area contributed by atoms with E-state index in [1.807, 2.05) is 4.90 Å². The minimum Gasteiger partial charge on any atom is -0.493 e. The van der Waals surface area contributed by atoms with Gasteiger partial charge in [0.05, 0.1) is 7.11 Å². The number of hydrogen-bond acceptors (Lipinski definition) is 4. The van der Waals surface area contributed by atoms with Gasteiger partial charge in [0.2, 0.25) is 11.8 Å². The molecule has 0 bridgehead atoms. The van der Waals surface area contributed by atoms with Crippen LogP contribution in [0.5, 0.6) is 11.5 Å². The van der Waals surface area contributed by atoms with Crippen LogP contribution in [0.1, 0.15) is 31.2 Å². The first-order valence-electron chi connectivity index (χ1n) is 10.2. The topological polar surface area (TPSA) is 59.1 Å². The molecule has 1 aliphatic carbocycles. The molecule has 2 aliphatic rings. The fourth-order valence-corrected chi connectivity index (χ4v) is 3.65. The van der Waals surface area contributed by atoms with Gasteiger partial charge in [0.25, 0.3) is 0 Å². The number of rotatable bonds is 7. The first-order chi connectivity index (χ1) is 14.3. The maximum atomic E-state index is 12.5. The molecule has 1 heterocycles. The molecule has 1 aliphatic heterocycles. The summed E-state index contributed by atoms with van der Waals surface area (Å²) in [7, 11) is 1.36. The number of halogens is 3. The van der Waals surface area contributed by atoms with Crippen LogP contribution in [0.3, 0.4) is 0 Å². The molecular weight excluding hydrogens is 401 g/mol. The third kappa shape index (κ3) is 5.79. The van der Waals surface area contributed by atoms with Crippen LogP contribution in [0.15, 0.2) is 18.2 Å². The van der Waals surface area contributed by atoms with E-state index in [1.165, 1.54) is 13.2 Å². The van der Waals surface area contributed by atoms with E-state index in [0.29, 0.717) is 32.6 Å². The number of benzene rings is 1. The summed E-state index contributed by atoms with van der Waals surface area (Å²) in [5.41, 5.74) is 0.776. The number of ether oxygens (including phenoxy) is 2.